The van der Waals surface area contributed by atoms with E-state index in [-0.39, 0.29) is 0 Å². The molecule has 3 heteroatoms. The van der Waals surface area contributed by atoms with Crippen molar-refractivity contribution >= 4 is 5.82 Å². The Balaban J connectivity index is 2.15. The van der Waals surface area contributed by atoms with Gasteiger partial charge in [0.15, 0.2) is 0 Å². The molecule has 0 aliphatic carbocycles. The summed E-state index contributed by atoms with van der Waals surface area (Å²) < 4.78 is 0. The molecule has 0 saturated carbocycles. The Morgan fingerprint density at radius 2 is 2.32 bits per heavy atom. The van der Waals surface area contributed by atoms with E-state index < -0.39 is 0 Å². The molecule has 1 atom stereocenters. The number of hydrogen-bond donors (Lipinski definition) is 1. The molecule has 1 N–H and O–H groups in total. The molecule has 0 radical (unpaired) electrons. The summed E-state index contributed by atoms with van der Waals surface area (Å²) in [4.78, 5) is 7.16. The quantitative estimate of drug-likeness (QED) is 0.846. The van der Waals surface area contributed by atoms with Crippen LogP contribution in [0.2, 0.25) is 0 Å². The topological polar surface area (TPSA) is 28.2 Å². The molecule has 1 fully saturated rings. The summed E-state index contributed by atoms with van der Waals surface area (Å²) in [5, 5.41) is 3.48. The third-order valence-electron chi connectivity index (χ3n) is 3.70. The fraction of sp³-hybridized carbons (Fsp3) is 0.688. The first-order valence-corrected chi connectivity index (χ1v) is 7.65. The highest BCUT2D eigenvalue weighted by molar-refractivity contribution is 5.46. The van der Waals surface area contributed by atoms with Crippen LogP contribution in [0.1, 0.15) is 51.6 Å². The third-order valence-corrected chi connectivity index (χ3v) is 3.70. The van der Waals surface area contributed by atoms with E-state index in [0.717, 1.165) is 24.7 Å². The molecule has 19 heavy (non-hydrogen) atoms. The van der Waals surface area contributed by atoms with Gasteiger partial charge in [-0.1, -0.05) is 26.8 Å². The number of rotatable bonds is 6. The summed E-state index contributed by atoms with van der Waals surface area (Å²) in [5.41, 5.74) is 1.38. The van der Waals surface area contributed by atoms with E-state index in [1.54, 1.807) is 0 Å². The van der Waals surface area contributed by atoms with Crippen LogP contribution in [0.5, 0.6) is 0 Å². The molecule has 0 spiro atoms. The zero-order chi connectivity index (χ0) is 13.7. The average Bonchev–Trinajstić information content (AvgIpc) is 2.84. The highest BCUT2D eigenvalue weighted by Crippen LogP contribution is 2.35. The van der Waals surface area contributed by atoms with E-state index in [2.05, 4.69) is 48.1 Å². The number of hydrogen-bond acceptors (Lipinski definition) is 3. The Morgan fingerprint density at radius 1 is 1.47 bits per heavy atom. The molecule has 0 bridgehead atoms. The monoisotopic (exact) mass is 261 g/mol. The molecular weight excluding hydrogens is 234 g/mol. The second kappa shape index (κ2) is 6.90. The largest absolute Gasteiger partial charge is 0.370 e. The number of anilines is 1. The maximum atomic E-state index is 4.54. The minimum atomic E-state index is 0.551. The van der Waals surface area contributed by atoms with Gasteiger partial charge in [-0.3, -0.25) is 4.90 Å². The third kappa shape index (κ3) is 3.69. The van der Waals surface area contributed by atoms with Crippen molar-refractivity contribution in [1.82, 2.24) is 9.88 Å². The molecule has 106 valence electrons. The van der Waals surface area contributed by atoms with Crippen molar-refractivity contribution in [2.24, 2.45) is 5.92 Å². The summed E-state index contributed by atoms with van der Waals surface area (Å²) in [7, 11) is 0. The van der Waals surface area contributed by atoms with Gasteiger partial charge in [-0.05, 0) is 37.8 Å². The van der Waals surface area contributed by atoms with E-state index in [1.165, 1.54) is 31.5 Å². The van der Waals surface area contributed by atoms with Crippen LogP contribution in [0.4, 0.5) is 5.82 Å². The predicted octanol–water partition coefficient (Wildman–Crippen LogP) is 3.70. The van der Waals surface area contributed by atoms with Gasteiger partial charge < -0.3 is 5.32 Å². The standard InChI is InChI=1S/C16H27N3/c1-4-9-17-16-14(7-5-10-18-16)15-8-6-11-19(15)12-13(2)3/h5,7,10,13,15H,4,6,8-9,11-12H2,1-3H3,(H,17,18)/t15-/m1/s1. The summed E-state index contributed by atoms with van der Waals surface area (Å²) in [6.07, 6.45) is 5.60. The Morgan fingerprint density at radius 3 is 3.05 bits per heavy atom. The lowest BCUT2D eigenvalue weighted by Crippen LogP contribution is -2.28. The van der Waals surface area contributed by atoms with Gasteiger partial charge in [0.05, 0.1) is 0 Å². The molecule has 1 saturated heterocycles. The van der Waals surface area contributed by atoms with E-state index in [1.807, 2.05) is 6.20 Å². The summed E-state index contributed by atoms with van der Waals surface area (Å²) in [6, 6.07) is 4.86. The second-order valence-corrected chi connectivity index (χ2v) is 5.91. The smallest absolute Gasteiger partial charge is 0.130 e. The Hall–Kier alpha value is -1.09. The number of likely N-dealkylation sites (tertiary alicyclic amines) is 1. The number of nitrogens with one attached hydrogen (secondary N) is 1. The van der Waals surface area contributed by atoms with Gasteiger partial charge in [0, 0.05) is 30.9 Å². The van der Waals surface area contributed by atoms with Gasteiger partial charge in [0.25, 0.3) is 0 Å². The van der Waals surface area contributed by atoms with Crippen molar-refractivity contribution in [3.8, 4) is 0 Å². The van der Waals surface area contributed by atoms with Crippen molar-refractivity contribution < 1.29 is 0 Å². The molecule has 2 rings (SSSR count). The first-order chi connectivity index (χ1) is 9.22. The van der Waals surface area contributed by atoms with E-state index in [0.29, 0.717) is 6.04 Å². The summed E-state index contributed by atoms with van der Waals surface area (Å²) >= 11 is 0. The zero-order valence-electron chi connectivity index (χ0n) is 12.5. The van der Waals surface area contributed by atoms with Crippen LogP contribution in [0, 0.1) is 5.92 Å². The molecule has 0 unspecified atom stereocenters. The predicted molar refractivity (Wildman–Crippen MR) is 81.4 cm³/mol. The van der Waals surface area contributed by atoms with E-state index >= 15 is 0 Å². The van der Waals surface area contributed by atoms with Gasteiger partial charge in [-0.2, -0.15) is 0 Å². The van der Waals surface area contributed by atoms with Crippen molar-refractivity contribution in [3.05, 3.63) is 23.9 Å². The molecule has 2 heterocycles. The Bertz CT molecular complexity index is 389. The van der Waals surface area contributed by atoms with E-state index in [4.69, 9.17) is 0 Å². The van der Waals surface area contributed by atoms with Crippen LogP contribution in [0.25, 0.3) is 0 Å². The van der Waals surface area contributed by atoms with Crippen LogP contribution in [-0.4, -0.2) is 29.5 Å². The van der Waals surface area contributed by atoms with Crippen LogP contribution in [0.15, 0.2) is 18.3 Å². The van der Waals surface area contributed by atoms with Gasteiger partial charge in [-0.15, -0.1) is 0 Å². The van der Waals surface area contributed by atoms with Crippen molar-refractivity contribution in [2.75, 3.05) is 25.0 Å². The lowest BCUT2D eigenvalue weighted by molar-refractivity contribution is 0.229. The molecule has 0 aromatic carbocycles. The molecule has 3 nitrogen and oxygen atoms in total. The lowest BCUT2D eigenvalue weighted by Gasteiger charge is -2.27. The lowest BCUT2D eigenvalue weighted by atomic mass is 10.0. The second-order valence-electron chi connectivity index (χ2n) is 5.91. The fourth-order valence-electron chi connectivity index (χ4n) is 2.94. The minimum Gasteiger partial charge on any atom is -0.370 e. The van der Waals surface area contributed by atoms with Crippen LogP contribution in [0.3, 0.4) is 0 Å². The Kier molecular flexibility index (Phi) is 5.20. The van der Waals surface area contributed by atoms with Crippen molar-refractivity contribution in [2.45, 2.75) is 46.1 Å². The molecule has 1 aromatic heterocycles. The van der Waals surface area contributed by atoms with Crippen LogP contribution < -0.4 is 5.32 Å². The highest BCUT2D eigenvalue weighted by atomic mass is 15.2. The van der Waals surface area contributed by atoms with Gasteiger partial charge in [0.2, 0.25) is 0 Å². The summed E-state index contributed by atoms with van der Waals surface area (Å²) in [5.74, 6) is 1.81. The number of nitrogens with zero attached hydrogens (tertiary/aromatic N) is 2. The van der Waals surface area contributed by atoms with Gasteiger partial charge in [-0.25, -0.2) is 4.98 Å². The molecular formula is C16H27N3. The molecule has 1 aliphatic rings. The van der Waals surface area contributed by atoms with Crippen molar-refractivity contribution in [1.29, 1.82) is 0 Å². The first kappa shape index (κ1) is 14.3. The van der Waals surface area contributed by atoms with Gasteiger partial charge in [0.1, 0.15) is 5.82 Å². The number of pyridine rings is 1. The molecule has 1 aliphatic heterocycles. The zero-order valence-corrected chi connectivity index (χ0v) is 12.5. The van der Waals surface area contributed by atoms with Crippen molar-refractivity contribution in [3.63, 3.8) is 0 Å². The van der Waals surface area contributed by atoms with Crippen LogP contribution in [-0.2, 0) is 0 Å². The molecule has 0 amide bonds. The number of aromatic nitrogens is 1. The summed E-state index contributed by atoms with van der Waals surface area (Å²) in [6.45, 7) is 10.2. The maximum absolute atomic E-state index is 4.54. The first-order valence-electron chi connectivity index (χ1n) is 7.65. The fourth-order valence-corrected chi connectivity index (χ4v) is 2.94. The Labute approximate surface area is 117 Å². The minimum absolute atomic E-state index is 0.551. The van der Waals surface area contributed by atoms with E-state index in [9.17, 15) is 0 Å². The SMILES string of the molecule is CCCNc1ncccc1[C@H]1CCCN1CC(C)C. The highest BCUT2D eigenvalue weighted by Gasteiger charge is 2.28. The normalized spacial score (nSPS) is 20.1. The average molecular weight is 261 g/mol. The van der Waals surface area contributed by atoms with Gasteiger partial charge >= 0.3 is 0 Å². The maximum Gasteiger partial charge on any atom is 0.130 e. The van der Waals surface area contributed by atoms with Crippen LogP contribution >= 0.6 is 0 Å². The molecule has 1 aromatic rings.